The molecular formula is C19H16N6O2. The molecule has 8 heteroatoms. The molecular weight excluding hydrogens is 344 g/mol. The van der Waals surface area contributed by atoms with E-state index in [4.69, 9.17) is 9.26 Å². The minimum Gasteiger partial charge on any atom is -0.497 e. The van der Waals surface area contributed by atoms with Crippen molar-refractivity contribution in [3.8, 4) is 28.7 Å². The van der Waals surface area contributed by atoms with Crippen molar-refractivity contribution in [1.82, 2.24) is 25.3 Å². The van der Waals surface area contributed by atoms with Crippen LogP contribution in [0.25, 0.3) is 23.0 Å². The molecule has 4 aromatic rings. The second-order valence-electron chi connectivity index (χ2n) is 5.67. The molecule has 0 unspecified atom stereocenters. The lowest BCUT2D eigenvalue weighted by molar-refractivity contribution is 0.414. The van der Waals surface area contributed by atoms with Gasteiger partial charge in [-0.05, 0) is 48.0 Å². The van der Waals surface area contributed by atoms with Gasteiger partial charge < -0.3 is 14.6 Å². The standard InChI is InChI=1S/C19H16N6O2/c1-26-15-6-4-14(5-7-15)18-22-19(27-25-18)16-8-9-17(24-23-16)21-12-13-3-2-10-20-11-13/h2-11H,12H2,1H3,(H,21,24). The molecule has 27 heavy (non-hydrogen) atoms. The van der Waals surface area contributed by atoms with Gasteiger partial charge in [-0.15, -0.1) is 10.2 Å². The Labute approximate surface area is 155 Å². The monoisotopic (exact) mass is 360 g/mol. The third-order valence-electron chi connectivity index (χ3n) is 3.85. The largest absolute Gasteiger partial charge is 0.497 e. The number of nitrogens with zero attached hydrogens (tertiary/aromatic N) is 5. The zero-order valence-electron chi connectivity index (χ0n) is 14.5. The highest BCUT2D eigenvalue weighted by Gasteiger charge is 2.12. The van der Waals surface area contributed by atoms with E-state index >= 15 is 0 Å². The summed E-state index contributed by atoms with van der Waals surface area (Å²) in [5, 5.41) is 15.5. The third kappa shape index (κ3) is 3.90. The molecule has 0 radical (unpaired) electrons. The molecule has 134 valence electrons. The first-order valence-corrected chi connectivity index (χ1v) is 8.27. The maximum absolute atomic E-state index is 5.31. The summed E-state index contributed by atoms with van der Waals surface area (Å²) in [7, 11) is 1.62. The first kappa shape index (κ1) is 16.6. The summed E-state index contributed by atoms with van der Waals surface area (Å²) in [5.41, 5.74) is 2.40. The van der Waals surface area contributed by atoms with Gasteiger partial charge >= 0.3 is 0 Å². The lowest BCUT2D eigenvalue weighted by Crippen LogP contribution is -2.02. The van der Waals surface area contributed by atoms with Gasteiger partial charge in [-0.25, -0.2) is 0 Å². The summed E-state index contributed by atoms with van der Waals surface area (Å²) in [6.45, 7) is 0.615. The summed E-state index contributed by atoms with van der Waals surface area (Å²) in [5.74, 6) is 2.21. The van der Waals surface area contributed by atoms with Gasteiger partial charge in [-0.1, -0.05) is 11.2 Å². The van der Waals surface area contributed by atoms with Gasteiger partial charge in [0.25, 0.3) is 5.89 Å². The molecule has 0 saturated carbocycles. The second-order valence-corrected chi connectivity index (χ2v) is 5.67. The van der Waals surface area contributed by atoms with Crippen molar-refractivity contribution in [2.24, 2.45) is 0 Å². The number of methoxy groups -OCH3 is 1. The van der Waals surface area contributed by atoms with Gasteiger partial charge in [0.15, 0.2) is 5.69 Å². The Morgan fingerprint density at radius 3 is 2.63 bits per heavy atom. The van der Waals surface area contributed by atoms with Crippen LogP contribution in [0.5, 0.6) is 5.75 Å². The van der Waals surface area contributed by atoms with Crippen molar-refractivity contribution in [1.29, 1.82) is 0 Å². The number of aromatic nitrogens is 5. The van der Waals surface area contributed by atoms with Crippen molar-refractivity contribution >= 4 is 5.82 Å². The number of anilines is 1. The molecule has 8 nitrogen and oxygen atoms in total. The van der Waals surface area contributed by atoms with E-state index in [0.717, 1.165) is 16.9 Å². The van der Waals surface area contributed by atoms with Gasteiger partial charge in [0, 0.05) is 24.5 Å². The minimum absolute atomic E-state index is 0.312. The summed E-state index contributed by atoms with van der Waals surface area (Å²) in [6, 6.07) is 14.9. The maximum Gasteiger partial charge on any atom is 0.278 e. The molecule has 0 fully saturated rings. The molecule has 1 N–H and O–H groups in total. The van der Waals surface area contributed by atoms with E-state index in [9.17, 15) is 0 Å². The van der Waals surface area contributed by atoms with Crippen LogP contribution in [0.1, 0.15) is 5.56 Å². The Bertz CT molecular complexity index is 1000. The summed E-state index contributed by atoms with van der Waals surface area (Å²) in [4.78, 5) is 8.46. The molecule has 4 rings (SSSR count). The molecule has 0 saturated heterocycles. The second kappa shape index (κ2) is 7.61. The molecule has 3 aromatic heterocycles. The number of pyridine rings is 1. The first-order chi connectivity index (χ1) is 13.3. The highest BCUT2D eigenvalue weighted by Crippen LogP contribution is 2.23. The van der Waals surface area contributed by atoms with Crippen molar-refractivity contribution < 1.29 is 9.26 Å². The molecule has 0 aliphatic carbocycles. The molecule has 0 aliphatic heterocycles. The number of ether oxygens (including phenoxy) is 1. The van der Waals surface area contributed by atoms with Crippen LogP contribution in [0.2, 0.25) is 0 Å². The highest BCUT2D eigenvalue weighted by atomic mass is 16.5. The van der Waals surface area contributed by atoms with Gasteiger partial charge in [-0.2, -0.15) is 4.98 Å². The van der Waals surface area contributed by atoms with Gasteiger partial charge in [0.1, 0.15) is 11.6 Å². The average Bonchev–Trinajstić information content (AvgIpc) is 3.24. The molecule has 0 aliphatic rings. The SMILES string of the molecule is COc1ccc(-c2noc(-c3ccc(NCc4cccnc4)nn3)n2)cc1. The van der Waals surface area contributed by atoms with Crippen molar-refractivity contribution in [3.63, 3.8) is 0 Å². The van der Waals surface area contributed by atoms with Crippen LogP contribution >= 0.6 is 0 Å². The maximum atomic E-state index is 5.31. The highest BCUT2D eigenvalue weighted by molar-refractivity contribution is 5.59. The average molecular weight is 360 g/mol. The number of benzene rings is 1. The van der Waals surface area contributed by atoms with Crippen molar-refractivity contribution in [3.05, 3.63) is 66.5 Å². The minimum atomic E-state index is 0.312. The smallest absolute Gasteiger partial charge is 0.278 e. The van der Waals surface area contributed by atoms with E-state index in [2.05, 4.69) is 30.6 Å². The van der Waals surface area contributed by atoms with Crippen molar-refractivity contribution in [2.75, 3.05) is 12.4 Å². The number of hydrogen-bond donors (Lipinski definition) is 1. The summed E-state index contributed by atoms with van der Waals surface area (Å²) >= 11 is 0. The topological polar surface area (TPSA) is 98.9 Å². The Morgan fingerprint density at radius 2 is 1.93 bits per heavy atom. The molecule has 3 heterocycles. The first-order valence-electron chi connectivity index (χ1n) is 8.27. The van der Waals surface area contributed by atoms with E-state index in [-0.39, 0.29) is 0 Å². The van der Waals surface area contributed by atoms with Gasteiger partial charge in [-0.3, -0.25) is 4.98 Å². The Hall–Kier alpha value is -3.81. The van der Waals surface area contributed by atoms with Crippen LogP contribution in [-0.2, 0) is 6.54 Å². The molecule has 0 bridgehead atoms. The van der Waals surface area contributed by atoms with Crippen LogP contribution < -0.4 is 10.1 Å². The van der Waals surface area contributed by atoms with Gasteiger partial charge in [0.05, 0.1) is 7.11 Å². The molecule has 0 atom stereocenters. The fraction of sp³-hybridized carbons (Fsp3) is 0.105. The Kier molecular flexibility index (Phi) is 4.69. The fourth-order valence-electron chi connectivity index (χ4n) is 2.42. The lowest BCUT2D eigenvalue weighted by atomic mass is 10.2. The number of rotatable bonds is 6. The van der Waals surface area contributed by atoms with Crippen LogP contribution in [0.4, 0.5) is 5.82 Å². The third-order valence-corrected chi connectivity index (χ3v) is 3.85. The van der Waals surface area contributed by atoms with Crippen LogP contribution in [0.3, 0.4) is 0 Å². The Morgan fingerprint density at radius 1 is 1.04 bits per heavy atom. The van der Waals surface area contributed by atoms with E-state index in [1.54, 1.807) is 25.6 Å². The van der Waals surface area contributed by atoms with E-state index in [1.807, 2.05) is 42.5 Å². The van der Waals surface area contributed by atoms with E-state index in [0.29, 0.717) is 29.8 Å². The fourth-order valence-corrected chi connectivity index (χ4v) is 2.42. The molecule has 0 amide bonds. The van der Waals surface area contributed by atoms with Crippen LogP contribution in [-0.4, -0.2) is 32.4 Å². The zero-order valence-corrected chi connectivity index (χ0v) is 14.5. The van der Waals surface area contributed by atoms with Crippen LogP contribution in [0, 0.1) is 0 Å². The van der Waals surface area contributed by atoms with E-state index in [1.165, 1.54) is 0 Å². The molecule has 0 spiro atoms. The van der Waals surface area contributed by atoms with Crippen molar-refractivity contribution in [2.45, 2.75) is 6.54 Å². The normalized spacial score (nSPS) is 10.6. The number of hydrogen-bond acceptors (Lipinski definition) is 8. The Balaban J connectivity index is 1.45. The van der Waals surface area contributed by atoms with Crippen LogP contribution in [0.15, 0.2) is 65.4 Å². The predicted octanol–water partition coefficient (Wildman–Crippen LogP) is 3.21. The lowest BCUT2D eigenvalue weighted by Gasteiger charge is -2.04. The molecule has 1 aromatic carbocycles. The van der Waals surface area contributed by atoms with Gasteiger partial charge in [0.2, 0.25) is 5.82 Å². The quantitative estimate of drug-likeness (QED) is 0.560. The predicted molar refractivity (Wildman–Crippen MR) is 98.9 cm³/mol. The summed E-state index contributed by atoms with van der Waals surface area (Å²) in [6.07, 6.45) is 3.54. The zero-order chi connectivity index (χ0) is 18.5. The summed E-state index contributed by atoms with van der Waals surface area (Å²) < 4.78 is 10.5. The van der Waals surface area contributed by atoms with E-state index < -0.39 is 0 Å². The number of nitrogens with one attached hydrogen (secondary N) is 1.